The highest BCUT2D eigenvalue weighted by atomic mass is 35.5. The number of aromatic nitrogens is 3. The van der Waals surface area contributed by atoms with E-state index in [9.17, 15) is 4.79 Å². The molecule has 6 nitrogen and oxygen atoms in total. The quantitative estimate of drug-likeness (QED) is 0.217. The smallest absolute Gasteiger partial charge is 0.262 e. The third-order valence-electron chi connectivity index (χ3n) is 4.53. The molecule has 0 bridgehead atoms. The van der Waals surface area contributed by atoms with Gasteiger partial charge in [-0.25, -0.2) is 9.97 Å². The van der Waals surface area contributed by atoms with Crippen LogP contribution in [0.1, 0.15) is 12.1 Å². The lowest BCUT2D eigenvalue weighted by Crippen LogP contribution is -2.24. The van der Waals surface area contributed by atoms with E-state index in [1.165, 1.54) is 11.8 Å². The van der Waals surface area contributed by atoms with E-state index in [0.717, 1.165) is 11.3 Å². The molecule has 0 saturated heterocycles. The van der Waals surface area contributed by atoms with Gasteiger partial charge in [0.25, 0.3) is 5.56 Å². The largest absolute Gasteiger partial charge is 0.444 e. The van der Waals surface area contributed by atoms with Gasteiger partial charge in [0.2, 0.25) is 5.89 Å². The van der Waals surface area contributed by atoms with Gasteiger partial charge in [-0.3, -0.25) is 9.36 Å². The van der Waals surface area contributed by atoms with E-state index in [0.29, 0.717) is 52.3 Å². The summed E-state index contributed by atoms with van der Waals surface area (Å²) in [4.78, 5) is 22.3. The Morgan fingerprint density at radius 3 is 2.80 bits per heavy atom. The van der Waals surface area contributed by atoms with Crippen molar-refractivity contribution in [3.63, 3.8) is 0 Å². The minimum Gasteiger partial charge on any atom is -0.444 e. The van der Waals surface area contributed by atoms with E-state index in [2.05, 4.69) is 4.98 Å². The van der Waals surface area contributed by atoms with Crippen molar-refractivity contribution in [2.75, 3.05) is 13.7 Å². The minimum absolute atomic E-state index is 0.0830. The van der Waals surface area contributed by atoms with Gasteiger partial charge in [0.1, 0.15) is 6.26 Å². The fourth-order valence-electron chi connectivity index (χ4n) is 3.07. The molecule has 4 rings (SSSR count). The lowest BCUT2D eigenvalue weighted by molar-refractivity contribution is 0.189. The van der Waals surface area contributed by atoms with Crippen molar-refractivity contribution in [3.05, 3.63) is 75.9 Å². The molecule has 154 valence electrons. The van der Waals surface area contributed by atoms with Crippen LogP contribution in [0.25, 0.3) is 22.4 Å². The zero-order chi connectivity index (χ0) is 20.9. The minimum atomic E-state index is -0.0830. The number of hydrogen-bond acceptors (Lipinski definition) is 6. The second-order valence-corrected chi connectivity index (χ2v) is 8.04. The van der Waals surface area contributed by atoms with Gasteiger partial charge in [0, 0.05) is 36.6 Å². The number of oxazole rings is 1. The van der Waals surface area contributed by atoms with Crippen molar-refractivity contribution in [2.45, 2.75) is 23.9 Å². The summed E-state index contributed by atoms with van der Waals surface area (Å²) in [6, 6.07) is 14.9. The Labute approximate surface area is 182 Å². The predicted octanol–water partition coefficient (Wildman–Crippen LogP) is 5.03. The molecule has 0 spiro atoms. The Morgan fingerprint density at radius 1 is 1.17 bits per heavy atom. The number of halogens is 1. The summed E-state index contributed by atoms with van der Waals surface area (Å²) in [7, 11) is 1.65. The molecule has 0 fully saturated rings. The zero-order valence-electron chi connectivity index (χ0n) is 16.4. The normalized spacial score (nSPS) is 11.3. The van der Waals surface area contributed by atoms with Gasteiger partial charge in [-0.2, -0.15) is 0 Å². The average molecular weight is 442 g/mol. The number of rotatable bonds is 8. The Bertz CT molecular complexity index is 1210. The average Bonchev–Trinajstić information content (AvgIpc) is 3.23. The number of hydrogen-bond donors (Lipinski definition) is 0. The first kappa shape index (κ1) is 20.7. The number of thioether (sulfide) groups is 1. The fraction of sp³-hybridized carbons (Fsp3) is 0.227. The van der Waals surface area contributed by atoms with Crippen LogP contribution in [-0.2, 0) is 17.0 Å². The topological polar surface area (TPSA) is 70.2 Å². The Kier molecular flexibility index (Phi) is 6.52. The van der Waals surface area contributed by atoms with Crippen LogP contribution >= 0.6 is 23.4 Å². The summed E-state index contributed by atoms with van der Waals surface area (Å²) >= 11 is 7.55. The van der Waals surface area contributed by atoms with Crippen LogP contribution in [0.2, 0.25) is 5.02 Å². The molecule has 30 heavy (non-hydrogen) atoms. The van der Waals surface area contributed by atoms with Crippen LogP contribution in [-0.4, -0.2) is 28.3 Å². The van der Waals surface area contributed by atoms with Crippen molar-refractivity contribution < 1.29 is 9.15 Å². The molecule has 4 aromatic rings. The molecule has 0 aliphatic rings. The molecular weight excluding hydrogens is 422 g/mol. The van der Waals surface area contributed by atoms with E-state index in [-0.39, 0.29) is 5.56 Å². The number of nitrogens with zero attached hydrogens (tertiary/aromatic N) is 3. The Balaban J connectivity index is 1.61. The molecule has 0 atom stereocenters. The molecule has 0 aliphatic heterocycles. The van der Waals surface area contributed by atoms with Gasteiger partial charge in [0.05, 0.1) is 16.6 Å². The third-order valence-corrected chi connectivity index (χ3v) is 5.78. The predicted molar refractivity (Wildman–Crippen MR) is 119 cm³/mol. The number of benzene rings is 2. The van der Waals surface area contributed by atoms with Crippen molar-refractivity contribution in [1.82, 2.24) is 14.5 Å². The van der Waals surface area contributed by atoms with Crippen LogP contribution < -0.4 is 5.56 Å². The molecule has 2 heterocycles. The van der Waals surface area contributed by atoms with Crippen LogP contribution in [0.3, 0.4) is 0 Å². The van der Waals surface area contributed by atoms with Gasteiger partial charge in [-0.1, -0.05) is 41.6 Å². The van der Waals surface area contributed by atoms with Crippen LogP contribution in [0.4, 0.5) is 0 Å². The lowest BCUT2D eigenvalue weighted by Gasteiger charge is -2.12. The molecule has 0 unspecified atom stereocenters. The van der Waals surface area contributed by atoms with Crippen LogP contribution in [0.5, 0.6) is 0 Å². The molecule has 8 heteroatoms. The van der Waals surface area contributed by atoms with Crippen molar-refractivity contribution >= 4 is 34.3 Å². The monoisotopic (exact) mass is 441 g/mol. The van der Waals surface area contributed by atoms with Crippen LogP contribution in [0, 0.1) is 0 Å². The van der Waals surface area contributed by atoms with E-state index >= 15 is 0 Å². The first-order valence-electron chi connectivity index (χ1n) is 9.47. The third kappa shape index (κ3) is 4.59. The fourth-order valence-corrected chi connectivity index (χ4v) is 4.14. The summed E-state index contributed by atoms with van der Waals surface area (Å²) in [5.74, 6) is 1.10. The summed E-state index contributed by atoms with van der Waals surface area (Å²) in [5, 5.41) is 1.72. The number of ether oxygens (including phenoxy) is 1. The van der Waals surface area contributed by atoms with E-state index in [1.807, 2.05) is 30.3 Å². The number of fused-ring (bicyclic) bond motifs is 1. The molecule has 0 amide bonds. The highest BCUT2D eigenvalue weighted by Crippen LogP contribution is 2.25. The highest BCUT2D eigenvalue weighted by Gasteiger charge is 2.14. The lowest BCUT2D eigenvalue weighted by atomic mass is 10.2. The molecule has 0 radical (unpaired) electrons. The highest BCUT2D eigenvalue weighted by molar-refractivity contribution is 7.98. The molecule has 2 aromatic carbocycles. The molecule has 0 saturated carbocycles. The summed E-state index contributed by atoms with van der Waals surface area (Å²) < 4.78 is 12.4. The van der Waals surface area contributed by atoms with Crippen molar-refractivity contribution in [3.8, 4) is 11.5 Å². The maximum Gasteiger partial charge on any atom is 0.262 e. The van der Waals surface area contributed by atoms with E-state index in [1.54, 1.807) is 36.1 Å². The molecule has 2 aromatic heterocycles. The van der Waals surface area contributed by atoms with Gasteiger partial charge < -0.3 is 9.15 Å². The maximum absolute atomic E-state index is 13.0. The van der Waals surface area contributed by atoms with E-state index < -0.39 is 0 Å². The van der Waals surface area contributed by atoms with E-state index in [4.69, 9.17) is 25.7 Å². The molecular formula is C22H20ClN3O3S. The second-order valence-electron chi connectivity index (χ2n) is 6.66. The summed E-state index contributed by atoms with van der Waals surface area (Å²) in [5.41, 5.74) is 2.20. The SMILES string of the molecule is COCCCn1c(SCc2coc(-c3ccccc3)n2)nc2cc(Cl)ccc2c1=O. The Morgan fingerprint density at radius 2 is 2.00 bits per heavy atom. The number of methoxy groups -OCH3 is 1. The maximum atomic E-state index is 13.0. The second kappa shape index (κ2) is 9.47. The molecule has 0 aliphatic carbocycles. The summed E-state index contributed by atoms with van der Waals surface area (Å²) in [6.07, 6.45) is 2.35. The zero-order valence-corrected chi connectivity index (χ0v) is 17.9. The van der Waals surface area contributed by atoms with Crippen molar-refractivity contribution in [2.24, 2.45) is 0 Å². The molecule has 0 N–H and O–H groups in total. The first-order valence-corrected chi connectivity index (χ1v) is 10.8. The standard InChI is InChI=1S/C22H20ClN3O3S/c1-28-11-5-10-26-21(27)18-9-8-16(23)12-19(18)25-22(26)30-14-17-13-29-20(24-17)15-6-3-2-4-7-15/h2-4,6-9,12-13H,5,10-11,14H2,1H3. The first-order chi connectivity index (χ1) is 14.7. The van der Waals surface area contributed by atoms with Gasteiger partial charge in [0.15, 0.2) is 5.16 Å². The summed E-state index contributed by atoms with van der Waals surface area (Å²) in [6.45, 7) is 1.09. The van der Waals surface area contributed by atoms with Gasteiger partial charge >= 0.3 is 0 Å². The van der Waals surface area contributed by atoms with Crippen molar-refractivity contribution in [1.29, 1.82) is 0 Å². The van der Waals surface area contributed by atoms with Gasteiger partial charge in [-0.05, 0) is 36.8 Å². The van der Waals surface area contributed by atoms with Crippen LogP contribution in [0.15, 0.2) is 69.2 Å². The van der Waals surface area contributed by atoms with Gasteiger partial charge in [-0.15, -0.1) is 0 Å². The Hall–Kier alpha value is -2.61.